The molecule has 0 spiro atoms. The highest BCUT2D eigenvalue weighted by Crippen LogP contribution is 2.31. The number of amides is 2. The minimum Gasteiger partial charge on any atom is -0.342 e. The number of aromatic nitrogens is 3. The first-order valence-corrected chi connectivity index (χ1v) is 14.8. The van der Waals surface area contributed by atoms with Gasteiger partial charge in [-0.3, -0.25) is 24.5 Å². The maximum Gasteiger partial charge on any atom is 0.416 e. The Kier molecular flexibility index (Phi) is 9.72. The van der Waals surface area contributed by atoms with Crippen LogP contribution in [0.25, 0.3) is 22.2 Å². The van der Waals surface area contributed by atoms with E-state index in [1.165, 1.54) is 18.3 Å². The van der Waals surface area contributed by atoms with E-state index < -0.39 is 23.7 Å². The lowest BCUT2D eigenvalue weighted by Gasteiger charge is -2.31. The highest BCUT2D eigenvalue weighted by Gasteiger charge is 2.31. The number of nitrogens with one attached hydrogen (secondary N) is 1. The van der Waals surface area contributed by atoms with Gasteiger partial charge in [0.15, 0.2) is 0 Å². The molecule has 0 unspecified atom stereocenters. The van der Waals surface area contributed by atoms with Crippen LogP contribution in [0.3, 0.4) is 0 Å². The zero-order valence-electron chi connectivity index (χ0n) is 25.6. The molecular weight excluding hydrogens is 593 g/mol. The number of nitrogens with zero attached hydrogens (tertiary/aromatic N) is 5. The number of hydrogen-bond donors (Lipinski definition) is 1. The maximum absolute atomic E-state index is 13.5. The van der Waals surface area contributed by atoms with E-state index >= 15 is 0 Å². The smallest absolute Gasteiger partial charge is 0.342 e. The van der Waals surface area contributed by atoms with Crippen LogP contribution in [0.1, 0.15) is 47.1 Å². The zero-order valence-corrected chi connectivity index (χ0v) is 25.6. The van der Waals surface area contributed by atoms with Gasteiger partial charge in [-0.2, -0.15) is 13.2 Å². The van der Waals surface area contributed by atoms with Crippen molar-refractivity contribution in [2.75, 3.05) is 25.5 Å². The van der Waals surface area contributed by atoms with Crippen LogP contribution in [0, 0.1) is 0 Å². The second-order valence-corrected chi connectivity index (χ2v) is 10.7. The number of hydrogen-bond acceptors (Lipinski definition) is 6. The Bertz CT molecular complexity index is 1830. The predicted molar refractivity (Wildman–Crippen MR) is 171 cm³/mol. The largest absolute Gasteiger partial charge is 0.416 e. The molecule has 0 saturated carbocycles. The highest BCUT2D eigenvalue weighted by atomic mass is 19.4. The molecular formula is C35H33F3N6O2. The maximum atomic E-state index is 13.5. The van der Waals surface area contributed by atoms with Crippen molar-refractivity contribution in [1.82, 2.24) is 24.8 Å². The van der Waals surface area contributed by atoms with E-state index in [0.717, 1.165) is 23.1 Å². The van der Waals surface area contributed by atoms with Crippen molar-refractivity contribution in [3.05, 3.63) is 120 Å². The molecule has 0 bridgehead atoms. The molecule has 5 rings (SSSR count). The van der Waals surface area contributed by atoms with Gasteiger partial charge in [-0.15, -0.1) is 0 Å². The predicted octanol–water partition coefficient (Wildman–Crippen LogP) is 7.00. The van der Waals surface area contributed by atoms with E-state index in [0.29, 0.717) is 42.2 Å². The third-order valence-corrected chi connectivity index (χ3v) is 7.68. The molecule has 8 nitrogen and oxygen atoms in total. The number of rotatable bonds is 10. The molecule has 3 heterocycles. The average Bonchev–Trinajstić information content (AvgIpc) is 3.05. The van der Waals surface area contributed by atoms with E-state index in [1.807, 2.05) is 68.3 Å². The van der Waals surface area contributed by atoms with Gasteiger partial charge in [0.05, 0.1) is 28.0 Å². The number of benzene rings is 2. The molecule has 46 heavy (non-hydrogen) atoms. The molecule has 0 saturated heterocycles. The van der Waals surface area contributed by atoms with Crippen molar-refractivity contribution < 1.29 is 22.8 Å². The molecule has 11 heteroatoms. The van der Waals surface area contributed by atoms with Gasteiger partial charge in [0, 0.05) is 43.0 Å². The summed E-state index contributed by atoms with van der Waals surface area (Å²) in [6.45, 7) is 5.60. The lowest BCUT2D eigenvalue weighted by atomic mass is 10.0. The summed E-state index contributed by atoms with van der Waals surface area (Å²) in [4.78, 5) is 43.9. The molecule has 0 fully saturated rings. The van der Waals surface area contributed by atoms with Crippen LogP contribution in [0.15, 0.2) is 97.3 Å². The van der Waals surface area contributed by atoms with Gasteiger partial charge in [-0.25, -0.2) is 4.98 Å². The minimum atomic E-state index is -4.46. The molecule has 0 aliphatic carbocycles. The molecule has 5 aromatic rings. The molecule has 0 radical (unpaired) electrons. The summed E-state index contributed by atoms with van der Waals surface area (Å²) in [5.41, 5.74) is 2.36. The normalized spacial score (nSPS) is 12.2. The molecule has 236 valence electrons. The third-order valence-electron chi connectivity index (χ3n) is 7.68. The summed E-state index contributed by atoms with van der Waals surface area (Å²) in [5, 5.41) is 3.63. The molecule has 1 atom stereocenters. The Hall–Kier alpha value is -5.16. The van der Waals surface area contributed by atoms with Crippen molar-refractivity contribution in [2.45, 2.75) is 32.6 Å². The quantitative estimate of drug-likeness (QED) is 0.180. The first-order valence-electron chi connectivity index (χ1n) is 14.8. The van der Waals surface area contributed by atoms with Crippen LogP contribution in [0.5, 0.6) is 0 Å². The van der Waals surface area contributed by atoms with Crippen LogP contribution < -0.4 is 5.32 Å². The number of likely N-dealkylation sites (N-methyl/N-ethyl adjacent to an activating group) is 2. The lowest BCUT2D eigenvalue weighted by Crippen LogP contribution is -2.41. The summed E-state index contributed by atoms with van der Waals surface area (Å²) in [6, 6.07) is 22.0. The van der Waals surface area contributed by atoms with Crippen LogP contribution in [-0.2, 0) is 17.5 Å². The Morgan fingerprint density at radius 2 is 1.61 bits per heavy atom. The molecule has 2 aromatic carbocycles. The van der Waals surface area contributed by atoms with E-state index in [-0.39, 0.29) is 17.2 Å². The SMILES string of the molecule is CCN(CC)C(=O)[C@H](c1ccccn1)N(C)Cc1ccc2nc(NC(=O)c3cccnc3-c3ccc(C(F)(F)F)cc3)ccc2c1. The number of anilines is 1. The van der Waals surface area contributed by atoms with Gasteiger partial charge < -0.3 is 10.2 Å². The fraction of sp³-hybridized carbons (Fsp3) is 0.229. The Balaban J connectivity index is 1.33. The summed E-state index contributed by atoms with van der Waals surface area (Å²) in [5.74, 6) is -0.194. The fourth-order valence-corrected chi connectivity index (χ4v) is 5.33. The first kappa shape index (κ1) is 32.2. The molecule has 1 N–H and O–H groups in total. The minimum absolute atomic E-state index is 0.0101. The Morgan fingerprint density at radius 1 is 0.870 bits per heavy atom. The number of halogens is 3. The van der Waals surface area contributed by atoms with Gasteiger partial charge in [0.2, 0.25) is 5.91 Å². The van der Waals surface area contributed by atoms with Crippen molar-refractivity contribution in [1.29, 1.82) is 0 Å². The topological polar surface area (TPSA) is 91.3 Å². The zero-order chi connectivity index (χ0) is 32.8. The monoisotopic (exact) mass is 626 g/mol. The van der Waals surface area contributed by atoms with Crippen LogP contribution in [-0.4, -0.2) is 56.7 Å². The molecule has 0 aliphatic heterocycles. The summed E-state index contributed by atoms with van der Waals surface area (Å²) < 4.78 is 39.1. The second-order valence-electron chi connectivity index (χ2n) is 10.7. The summed E-state index contributed by atoms with van der Waals surface area (Å²) >= 11 is 0. The Morgan fingerprint density at radius 3 is 2.28 bits per heavy atom. The fourth-order valence-electron chi connectivity index (χ4n) is 5.33. The third kappa shape index (κ3) is 7.21. The Labute approximate surface area is 264 Å². The first-order chi connectivity index (χ1) is 22.1. The van der Waals surface area contributed by atoms with Crippen LogP contribution in [0.4, 0.5) is 19.0 Å². The van der Waals surface area contributed by atoms with E-state index in [2.05, 4.69) is 20.3 Å². The number of alkyl halides is 3. The standard InChI is InChI=1S/C35H33F3N6O2/c1-4-44(5-2)34(46)32(29-10-6-7-19-39-29)43(3)22-23-11-17-28-25(21-23)14-18-30(41-28)42-33(45)27-9-8-20-40-31(27)24-12-15-26(16-13-24)35(36,37)38/h6-21,32H,4-5,22H2,1-3H3,(H,41,42,45)/t32-/m0/s1. The van der Waals surface area contributed by atoms with Crippen molar-refractivity contribution in [3.63, 3.8) is 0 Å². The van der Waals surface area contributed by atoms with Crippen molar-refractivity contribution in [2.24, 2.45) is 0 Å². The molecule has 2 amide bonds. The van der Waals surface area contributed by atoms with Gasteiger partial charge in [-0.05, 0) is 87.1 Å². The number of fused-ring (bicyclic) bond motifs is 1. The van der Waals surface area contributed by atoms with E-state index in [9.17, 15) is 22.8 Å². The molecule has 0 aliphatic rings. The van der Waals surface area contributed by atoms with Gasteiger partial charge >= 0.3 is 6.18 Å². The second kappa shape index (κ2) is 13.9. The number of pyridine rings is 3. The van der Waals surface area contributed by atoms with Crippen molar-refractivity contribution >= 4 is 28.5 Å². The van der Waals surface area contributed by atoms with E-state index in [1.54, 1.807) is 29.3 Å². The van der Waals surface area contributed by atoms with Crippen LogP contribution >= 0.6 is 0 Å². The van der Waals surface area contributed by atoms with Gasteiger partial charge in [-0.1, -0.05) is 24.3 Å². The van der Waals surface area contributed by atoms with E-state index in [4.69, 9.17) is 0 Å². The summed E-state index contributed by atoms with van der Waals surface area (Å²) in [7, 11) is 1.90. The van der Waals surface area contributed by atoms with Crippen LogP contribution in [0.2, 0.25) is 0 Å². The highest BCUT2D eigenvalue weighted by molar-refractivity contribution is 6.08. The number of carbonyl (C=O) groups excluding carboxylic acids is 2. The molecule has 3 aromatic heterocycles. The van der Waals surface area contributed by atoms with Gasteiger partial charge in [0.25, 0.3) is 5.91 Å². The van der Waals surface area contributed by atoms with Crippen molar-refractivity contribution in [3.8, 4) is 11.3 Å². The summed E-state index contributed by atoms with van der Waals surface area (Å²) in [6.07, 6.45) is -1.30. The lowest BCUT2D eigenvalue weighted by molar-refractivity contribution is -0.138. The average molecular weight is 627 g/mol. The number of carbonyl (C=O) groups is 2. The van der Waals surface area contributed by atoms with Gasteiger partial charge in [0.1, 0.15) is 11.9 Å².